The van der Waals surface area contributed by atoms with E-state index in [1.165, 1.54) is 6.08 Å². The van der Waals surface area contributed by atoms with Crippen LogP contribution in [0.5, 0.6) is 0 Å². The molecule has 0 saturated carbocycles. The van der Waals surface area contributed by atoms with E-state index in [0.717, 1.165) is 0 Å². The van der Waals surface area contributed by atoms with Gasteiger partial charge >= 0.3 is 5.97 Å². The molecule has 1 amide bonds. The van der Waals surface area contributed by atoms with Gasteiger partial charge in [0, 0.05) is 25.8 Å². The van der Waals surface area contributed by atoms with Crippen molar-refractivity contribution in [1.29, 1.82) is 0 Å². The predicted molar refractivity (Wildman–Crippen MR) is 91.3 cm³/mol. The van der Waals surface area contributed by atoms with Gasteiger partial charge < -0.3 is 18.8 Å². The molecule has 24 heavy (non-hydrogen) atoms. The Morgan fingerprint density at radius 3 is 2.75 bits per heavy atom. The summed E-state index contributed by atoms with van der Waals surface area (Å²) in [6.07, 6.45) is 5.66. The number of carbonyl (C=O) groups excluding carboxylic acids is 2. The fourth-order valence-corrected chi connectivity index (χ4v) is 2.01. The van der Waals surface area contributed by atoms with Gasteiger partial charge in [0.25, 0.3) is 0 Å². The number of ether oxygens (including phenoxy) is 2. The Morgan fingerprint density at radius 1 is 1.33 bits per heavy atom. The fraction of sp³-hybridized carbons (Fsp3) is 0.556. The molecule has 0 saturated heterocycles. The van der Waals surface area contributed by atoms with Crippen LogP contribution in [-0.4, -0.2) is 49.2 Å². The van der Waals surface area contributed by atoms with Crippen LogP contribution in [0.25, 0.3) is 6.08 Å². The molecule has 1 heterocycles. The molecule has 0 aliphatic heterocycles. The molecule has 0 radical (unpaired) electrons. The highest BCUT2D eigenvalue weighted by Crippen LogP contribution is 2.05. The van der Waals surface area contributed by atoms with Crippen LogP contribution >= 0.6 is 0 Å². The Morgan fingerprint density at radius 2 is 2.12 bits per heavy atom. The number of amides is 1. The molecular weight excluding hydrogens is 310 g/mol. The lowest BCUT2D eigenvalue weighted by Crippen LogP contribution is -2.33. The summed E-state index contributed by atoms with van der Waals surface area (Å²) < 4.78 is 15.6. The fourth-order valence-electron chi connectivity index (χ4n) is 2.01. The largest absolute Gasteiger partial charge is 0.466 e. The minimum atomic E-state index is -0.302. The molecule has 0 aromatic carbocycles. The first kappa shape index (κ1) is 20.0. The van der Waals surface area contributed by atoms with E-state index in [9.17, 15) is 9.59 Å². The van der Waals surface area contributed by atoms with E-state index in [4.69, 9.17) is 13.9 Å². The first-order valence-corrected chi connectivity index (χ1v) is 8.30. The Bertz CT molecular complexity index is 507. The summed E-state index contributed by atoms with van der Waals surface area (Å²) in [4.78, 5) is 25.5. The van der Waals surface area contributed by atoms with Crippen LogP contribution in [0.1, 0.15) is 39.4 Å². The minimum Gasteiger partial charge on any atom is -0.466 e. The van der Waals surface area contributed by atoms with Crippen molar-refractivity contribution in [3.63, 3.8) is 0 Å². The Kier molecular flexibility index (Phi) is 9.53. The average Bonchev–Trinajstić information content (AvgIpc) is 3.05. The summed E-state index contributed by atoms with van der Waals surface area (Å²) in [5.41, 5.74) is 0. The van der Waals surface area contributed by atoms with Crippen molar-refractivity contribution >= 4 is 18.0 Å². The third-order valence-electron chi connectivity index (χ3n) is 3.16. The van der Waals surface area contributed by atoms with Crippen LogP contribution in [0.3, 0.4) is 0 Å². The van der Waals surface area contributed by atoms with E-state index in [0.29, 0.717) is 38.5 Å². The van der Waals surface area contributed by atoms with E-state index in [2.05, 4.69) is 0 Å². The summed E-state index contributed by atoms with van der Waals surface area (Å²) in [5.74, 6) is 0.140. The summed E-state index contributed by atoms with van der Waals surface area (Å²) in [6.45, 7) is 7.45. The maximum Gasteiger partial charge on any atom is 0.307 e. The molecule has 0 fully saturated rings. The van der Waals surface area contributed by atoms with Crippen molar-refractivity contribution in [3.05, 3.63) is 30.2 Å². The van der Waals surface area contributed by atoms with Gasteiger partial charge in [0.1, 0.15) is 5.76 Å². The van der Waals surface area contributed by atoms with Crippen LogP contribution in [0, 0.1) is 0 Å². The second-order valence-electron chi connectivity index (χ2n) is 5.50. The second kappa shape index (κ2) is 11.5. The molecule has 0 aliphatic carbocycles. The van der Waals surface area contributed by atoms with Crippen molar-refractivity contribution in [2.45, 2.75) is 39.7 Å². The predicted octanol–water partition coefficient (Wildman–Crippen LogP) is 2.89. The number of hydrogen-bond acceptors (Lipinski definition) is 5. The van der Waals surface area contributed by atoms with Gasteiger partial charge in [-0.25, -0.2) is 0 Å². The molecule has 6 nitrogen and oxygen atoms in total. The van der Waals surface area contributed by atoms with Gasteiger partial charge in [-0.1, -0.05) is 0 Å². The molecule has 0 aliphatic rings. The van der Waals surface area contributed by atoms with Gasteiger partial charge in [-0.2, -0.15) is 0 Å². The molecule has 0 atom stereocenters. The van der Waals surface area contributed by atoms with E-state index in [1.54, 1.807) is 36.3 Å². The number of furan rings is 1. The zero-order valence-corrected chi connectivity index (χ0v) is 14.7. The first-order chi connectivity index (χ1) is 11.5. The van der Waals surface area contributed by atoms with Crippen LogP contribution in [0.15, 0.2) is 28.9 Å². The van der Waals surface area contributed by atoms with Gasteiger partial charge in [0.2, 0.25) is 5.91 Å². The number of hydrogen-bond donors (Lipinski definition) is 0. The standard InChI is InChI=1S/C18H27NO5/c1-4-22-18(21)10-12-19(11-6-14-23-15(2)3)17(20)9-8-16-7-5-13-24-16/h5,7-9,13,15H,4,6,10-12,14H2,1-3H3/b9-8+. The maximum absolute atomic E-state index is 12.3. The van der Waals surface area contributed by atoms with Crippen molar-refractivity contribution < 1.29 is 23.5 Å². The quantitative estimate of drug-likeness (QED) is 0.353. The molecule has 1 aromatic rings. The number of esters is 1. The van der Waals surface area contributed by atoms with Crippen LogP contribution in [-0.2, 0) is 19.1 Å². The molecule has 6 heteroatoms. The summed E-state index contributed by atoms with van der Waals surface area (Å²) >= 11 is 0. The lowest BCUT2D eigenvalue weighted by Gasteiger charge is -2.21. The molecule has 1 rings (SSSR count). The monoisotopic (exact) mass is 337 g/mol. The van der Waals surface area contributed by atoms with Crippen LogP contribution < -0.4 is 0 Å². The van der Waals surface area contributed by atoms with Gasteiger partial charge in [-0.05, 0) is 45.4 Å². The minimum absolute atomic E-state index is 0.160. The van der Waals surface area contributed by atoms with E-state index in [1.807, 2.05) is 13.8 Å². The van der Waals surface area contributed by atoms with Crippen molar-refractivity contribution in [2.24, 2.45) is 0 Å². The number of nitrogens with zero attached hydrogens (tertiary/aromatic N) is 1. The third-order valence-corrected chi connectivity index (χ3v) is 3.16. The summed E-state index contributed by atoms with van der Waals surface area (Å²) in [5, 5.41) is 0. The SMILES string of the molecule is CCOC(=O)CCN(CCCOC(C)C)C(=O)/C=C/c1ccco1. The van der Waals surface area contributed by atoms with Crippen LogP contribution in [0.2, 0.25) is 0 Å². The van der Waals surface area contributed by atoms with Gasteiger partial charge in [-0.15, -0.1) is 0 Å². The highest BCUT2D eigenvalue weighted by atomic mass is 16.5. The first-order valence-electron chi connectivity index (χ1n) is 8.30. The maximum atomic E-state index is 12.3. The zero-order valence-electron chi connectivity index (χ0n) is 14.7. The molecule has 0 spiro atoms. The highest BCUT2D eigenvalue weighted by molar-refractivity contribution is 5.91. The van der Waals surface area contributed by atoms with Gasteiger partial charge in [0.05, 0.1) is 25.4 Å². The zero-order chi connectivity index (χ0) is 17.8. The van der Waals surface area contributed by atoms with Crippen molar-refractivity contribution in [3.8, 4) is 0 Å². The van der Waals surface area contributed by atoms with Crippen molar-refractivity contribution in [2.75, 3.05) is 26.3 Å². The average molecular weight is 337 g/mol. The van der Waals surface area contributed by atoms with Crippen LogP contribution in [0.4, 0.5) is 0 Å². The Hall–Kier alpha value is -2.08. The smallest absolute Gasteiger partial charge is 0.307 e. The molecule has 0 N–H and O–H groups in total. The number of rotatable bonds is 11. The molecule has 134 valence electrons. The Balaban J connectivity index is 2.54. The number of carbonyl (C=O) groups is 2. The van der Waals surface area contributed by atoms with E-state index >= 15 is 0 Å². The van der Waals surface area contributed by atoms with Crippen molar-refractivity contribution in [1.82, 2.24) is 4.90 Å². The van der Waals surface area contributed by atoms with E-state index < -0.39 is 0 Å². The highest BCUT2D eigenvalue weighted by Gasteiger charge is 2.13. The third kappa shape index (κ3) is 8.53. The molecular formula is C18H27NO5. The second-order valence-corrected chi connectivity index (χ2v) is 5.50. The topological polar surface area (TPSA) is 69.0 Å². The lowest BCUT2D eigenvalue weighted by atomic mass is 10.3. The molecule has 1 aromatic heterocycles. The summed E-state index contributed by atoms with van der Waals surface area (Å²) in [7, 11) is 0. The Labute approximate surface area is 143 Å². The molecule has 0 unspecified atom stereocenters. The lowest BCUT2D eigenvalue weighted by molar-refractivity contribution is -0.143. The molecule has 0 bridgehead atoms. The van der Waals surface area contributed by atoms with Gasteiger partial charge in [-0.3, -0.25) is 9.59 Å². The summed E-state index contributed by atoms with van der Waals surface area (Å²) in [6, 6.07) is 3.52. The normalized spacial score (nSPS) is 11.2. The van der Waals surface area contributed by atoms with E-state index in [-0.39, 0.29) is 24.4 Å². The van der Waals surface area contributed by atoms with Gasteiger partial charge in [0.15, 0.2) is 0 Å².